The van der Waals surface area contributed by atoms with Crippen molar-refractivity contribution < 1.29 is 14.3 Å². The van der Waals surface area contributed by atoms with Gasteiger partial charge in [-0.1, -0.05) is 11.6 Å². The molecule has 0 atom stereocenters. The minimum Gasteiger partial charge on any atom is -0.497 e. The maximum Gasteiger partial charge on any atom is 0.238 e. The van der Waals surface area contributed by atoms with Crippen LogP contribution in [0.5, 0.6) is 11.5 Å². The highest BCUT2D eigenvalue weighted by molar-refractivity contribution is 6.30. The third kappa shape index (κ3) is 6.10. The average molecular weight is 349 g/mol. The summed E-state index contributed by atoms with van der Waals surface area (Å²) in [5.41, 5.74) is 0.729. The number of rotatable bonds is 8. The van der Waals surface area contributed by atoms with Gasteiger partial charge in [0.15, 0.2) is 0 Å². The Morgan fingerprint density at radius 1 is 1.08 bits per heavy atom. The van der Waals surface area contributed by atoms with Crippen LogP contribution < -0.4 is 14.8 Å². The van der Waals surface area contributed by atoms with Crippen molar-refractivity contribution in [2.24, 2.45) is 0 Å². The fourth-order valence-electron chi connectivity index (χ4n) is 2.05. The van der Waals surface area contributed by atoms with E-state index in [2.05, 4.69) is 5.32 Å². The molecule has 5 nitrogen and oxygen atoms in total. The van der Waals surface area contributed by atoms with E-state index in [-0.39, 0.29) is 12.5 Å². The number of nitrogens with one attached hydrogen (secondary N) is 1. The van der Waals surface area contributed by atoms with Crippen molar-refractivity contribution in [3.05, 3.63) is 53.6 Å². The summed E-state index contributed by atoms with van der Waals surface area (Å²) in [6.07, 6.45) is 0. The first-order valence-corrected chi connectivity index (χ1v) is 7.95. The van der Waals surface area contributed by atoms with Crippen LogP contribution >= 0.6 is 11.6 Å². The maximum absolute atomic E-state index is 12.0. The molecule has 0 unspecified atom stereocenters. The number of ether oxygens (including phenoxy) is 2. The molecule has 0 bridgehead atoms. The molecule has 0 heterocycles. The largest absolute Gasteiger partial charge is 0.497 e. The van der Waals surface area contributed by atoms with Crippen molar-refractivity contribution in [2.45, 2.75) is 0 Å². The smallest absolute Gasteiger partial charge is 0.238 e. The number of nitrogens with zero attached hydrogens (tertiary/aromatic N) is 1. The molecule has 1 N–H and O–H groups in total. The zero-order chi connectivity index (χ0) is 17.4. The molecule has 0 saturated carbocycles. The van der Waals surface area contributed by atoms with Gasteiger partial charge >= 0.3 is 0 Å². The Morgan fingerprint density at radius 2 is 1.71 bits per heavy atom. The Bertz CT molecular complexity index is 644. The molecule has 0 spiro atoms. The van der Waals surface area contributed by atoms with Crippen molar-refractivity contribution in [3.63, 3.8) is 0 Å². The van der Waals surface area contributed by atoms with Crippen LogP contribution in [-0.4, -0.2) is 44.7 Å². The number of carbonyl (C=O) groups excluding carboxylic acids is 1. The molecular formula is C18H21ClN2O3. The quantitative estimate of drug-likeness (QED) is 0.795. The number of hydrogen-bond acceptors (Lipinski definition) is 4. The van der Waals surface area contributed by atoms with E-state index in [0.717, 1.165) is 17.2 Å². The number of methoxy groups -OCH3 is 1. The van der Waals surface area contributed by atoms with E-state index in [1.54, 1.807) is 31.4 Å². The van der Waals surface area contributed by atoms with Crippen molar-refractivity contribution in [2.75, 3.05) is 39.2 Å². The van der Waals surface area contributed by atoms with E-state index < -0.39 is 0 Å². The second-order valence-electron chi connectivity index (χ2n) is 5.32. The monoisotopic (exact) mass is 348 g/mol. The van der Waals surface area contributed by atoms with E-state index in [1.807, 2.05) is 36.2 Å². The Hall–Kier alpha value is -2.24. The van der Waals surface area contributed by atoms with E-state index in [0.29, 0.717) is 18.2 Å². The number of anilines is 1. The third-order valence-corrected chi connectivity index (χ3v) is 3.59. The first kappa shape index (κ1) is 18.1. The molecule has 0 saturated heterocycles. The number of amides is 1. The van der Waals surface area contributed by atoms with Crippen LogP contribution in [0.15, 0.2) is 48.5 Å². The summed E-state index contributed by atoms with van der Waals surface area (Å²) >= 11 is 5.82. The molecule has 6 heteroatoms. The third-order valence-electron chi connectivity index (χ3n) is 3.34. The first-order valence-electron chi connectivity index (χ1n) is 7.57. The summed E-state index contributed by atoms with van der Waals surface area (Å²) in [5, 5.41) is 3.47. The lowest BCUT2D eigenvalue weighted by Crippen LogP contribution is -2.33. The lowest BCUT2D eigenvalue weighted by atomic mass is 10.3. The topological polar surface area (TPSA) is 50.8 Å². The molecule has 24 heavy (non-hydrogen) atoms. The summed E-state index contributed by atoms with van der Waals surface area (Å²) in [5.74, 6) is 1.48. The first-order chi connectivity index (χ1) is 11.6. The second kappa shape index (κ2) is 9.15. The highest BCUT2D eigenvalue weighted by Crippen LogP contribution is 2.17. The molecule has 0 aliphatic rings. The molecular weight excluding hydrogens is 328 g/mol. The van der Waals surface area contributed by atoms with Gasteiger partial charge in [-0.2, -0.15) is 0 Å². The lowest BCUT2D eigenvalue weighted by Gasteiger charge is -2.16. The summed E-state index contributed by atoms with van der Waals surface area (Å²) in [6, 6.07) is 14.4. The summed E-state index contributed by atoms with van der Waals surface area (Å²) < 4.78 is 10.7. The van der Waals surface area contributed by atoms with Crippen LogP contribution in [0, 0.1) is 0 Å². The second-order valence-corrected chi connectivity index (χ2v) is 5.75. The Labute approximate surface area is 147 Å². The number of hydrogen-bond donors (Lipinski definition) is 1. The molecule has 0 fully saturated rings. The Kier molecular flexibility index (Phi) is 6.90. The van der Waals surface area contributed by atoms with Crippen molar-refractivity contribution in [1.29, 1.82) is 0 Å². The van der Waals surface area contributed by atoms with Gasteiger partial charge in [0.25, 0.3) is 0 Å². The highest BCUT2D eigenvalue weighted by atomic mass is 35.5. The minimum atomic E-state index is -0.0794. The maximum atomic E-state index is 12.0. The molecule has 1 amide bonds. The van der Waals surface area contributed by atoms with Gasteiger partial charge in [0, 0.05) is 17.3 Å². The predicted molar refractivity (Wildman–Crippen MR) is 96.1 cm³/mol. The average Bonchev–Trinajstić information content (AvgIpc) is 2.57. The van der Waals surface area contributed by atoms with Gasteiger partial charge in [-0.15, -0.1) is 0 Å². The fourth-order valence-corrected chi connectivity index (χ4v) is 2.18. The highest BCUT2D eigenvalue weighted by Gasteiger charge is 2.07. The van der Waals surface area contributed by atoms with E-state index in [1.165, 1.54) is 0 Å². The number of carbonyl (C=O) groups is 1. The SMILES string of the molecule is COc1ccc(OCCN(C)CC(=O)Nc2ccc(Cl)cc2)cc1. The Morgan fingerprint density at radius 3 is 2.33 bits per heavy atom. The van der Waals surface area contributed by atoms with Gasteiger partial charge in [0.1, 0.15) is 18.1 Å². The molecule has 2 rings (SSSR count). The number of likely N-dealkylation sites (N-methyl/N-ethyl adjacent to an activating group) is 1. The van der Waals surface area contributed by atoms with Crippen LogP contribution in [0.2, 0.25) is 5.02 Å². The predicted octanol–water partition coefficient (Wildman–Crippen LogP) is 3.30. The van der Waals surface area contributed by atoms with Crippen LogP contribution in [-0.2, 0) is 4.79 Å². The Balaban J connectivity index is 1.69. The van der Waals surface area contributed by atoms with Crippen LogP contribution in [0.25, 0.3) is 0 Å². The molecule has 2 aromatic rings. The summed E-state index contributed by atoms with van der Waals surface area (Å²) in [6.45, 7) is 1.42. The van der Waals surface area contributed by atoms with Gasteiger partial charge < -0.3 is 14.8 Å². The van der Waals surface area contributed by atoms with Gasteiger partial charge in [-0.3, -0.25) is 9.69 Å². The molecule has 0 radical (unpaired) electrons. The van der Waals surface area contributed by atoms with Gasteiger partial charge in [-0.05, 0) is 55.6 Å². The van der Waals surface area contributed by atoms with Crippen LogP contribution in [0.1, 0.15) is 0 Å². The van der Waals surface area contributed by atoms with E-state index in [4.69, 9.17) is 21.1 Å². The summed E-state index contributed by atoms with van der Waals surface area (Å²) in [4.78, 5) is 13.9. The molecule has 0 aliphatic carbocycles. The van der Waals surface area contributed by atoms with Gasteiger partial charge in [0.2, 0.25) is 5.91 Å². The molecule has 128 valence electrons. The van der Waals surface area contributed by atoms with Gasteiger partial charge in [-0.25, -0.2) is 0 Å². The summed E-state index contributed by atoms with van der Waals surface area (Å²) in [7, 11) is 3.50. The van der Waals surface area contributed by atoms with Crippen molar-refractivity contribution >= 4 is 23.2 Å². The number of halogens is 1. The van der Waals surface area contributed by atoms with E-state index in [9.17, 15) is 4.79 Å². The van der Waals surface area contributed by atoms with Crippen molar-refractivity contribution in [1.82, 2.24) is 4.90 Å². The normalized spacial score (nSPS) is 10.5. The fraction of sp³-hybridized carbons (Fsp3) is 0.278. The molecule has 2 aromatic carbocycles. The molecule has 0 aliphatic heterocycles. The van der Waals surface area contributed by atoms with Gasteiger partial charge in [0.05, 0.1) is 13.7 Å². The standard InChI is InChI=1S/C18H21ClN2O3/c1-21(11-12-24-17-9-7-16(23-2)8-10-17)13-18(22)20-15-5-3-14(19)4-6-15/h3-10H,11-13H2,1-2H3,(H,20,22). The zero-order valence-corrected chi connectivity index (χ0v) is 14.5. The van der Waals surface area contributed by atoms with Crippen LogP contribution in [0.4, 0.5) is 5.69 Å². The molecule has 0 aromatic heterocycles. The zero-order valence-electron chi connectivity index (χ0n) is 13.8. The minimum absolute atomic E-state index is 0.0794. The van der Waals surface area contributed by atoms with E-state index >= 15 is 0 Å². The lowest BCUT2D eigenvalue weighted by molar-refractivity contribution is -0.117. The number of benzene rings is 2. The van der Waals surface area contributed by atoms with Crippen molar-refractivity contribution in [3.8, 4) is 11.5 Å². The van der Waals surface area contributed by atoms with Crippen LogP contribution in [0.3, 0.4) is 0 Å².